The highest BCUT2D eigenvalue weighted by atomic mass is 79.9. The lowest BCUT2D eigenvalue weighted by Gasteiger charge is -2.14. The molecule has 1 aromatic heterocycles. The summed E-state index contributed by atoms with van der Waals surface area (Å²) in [4.78, 5) is 14.5. The van der Waals surface area contributed by atoms with Crippen molar-refractivity contribution in [1.29, 1.82) is 0 Å². The highest BCUT2D eigenvalue weighted by Gasteiger charge is 2.14. The van der Waals surface area contributed by atoms with Gasteiger partial charge in [-0.05, 0) is 62.1 Å². The van der Waals surface area contributed by atoms with E-state index >= 15 is 0 Å². The van der Waals surface area contributed by atoms with Crippen LogP contribution in [0, 0.1) is 10.1 Å². The molecular weight excluding hydrogens is 488 g/mol. The number of hydrogen-bond donors (Lipinski definition) is 1. The van der Waals surface area contributed by atoms with Crippen molar-refractivity contribution in [2.45, 2.75) is 6.61 Å². The highest BCUT2D eigenvalue weighted by Crippen LogP contribution is 2.37. The van der Waals surface area contributed by atoms with Gasteiger partial charge in [0.1, 0.15) is 6.61 Å². The minimum atomic E-state index is -0.522. The van der Waals surface area contributed by atoms with Crippen LogP contribution < -0.4 is 14.9 Å². The lowest BCUT2D eigenvalue weighted by atomic mass is 10.1. The van der Waals surface area contributed by atoms with Crippen molar-refractivity contribution < 1.29 is 14.4 Å². The number of halogens is 1. The quantitative estimate of drug-likeness (QED) is 0.180. The molecule has 9 heteroatoms. The van der Waals surface area contributed by atoms with E-state index < -0.39 is 4.92 Å². The zero-order chi connectivity index (χ0) is 23.2. The zero-order valence-corrected chi connectivity index (χ0v) is 19.2. The largest absolute Gasteiger partial charge is 0.493 e. The number of methoxy groups -OCH3 is 1. The molecule has 0 bridgehead atoms. The molecule has 4 aromatic rings. The van der Waals surface area contributed by atoms with Gasteiger partial charge >= 0.3 is 5.69 Å². The average Bonchev–Trinajstić information content (AvgIpc) is 2.83. The predicted molar refractivity (Wildman–Crippen MR) is 131 cm³/mol. The second kappa shape index (κ2) is 10.1. The van der Waals surface area contributed by atoms with E-state index in [0.717, 1.165) is 10.9 Å². The fourth-order valence-corrected chi connectivity index (χ4v) is 3.81. The maximum absolute atomic E-state index is 11.1. The standard InChI is InChI=1S/C24H19BrN4O4/c1-32-22-13-17(14-27-28-24-21(29(30)31)7-4-10-26-24)12-20(25)23(22)33-15-16-8-9-18-5-2-3-6-19(18)11-16/h2-14H,15H2,1H3,(H,26,28)/b27-14-. The second-order valence-electron chi connectivity index (χ2n) is 7.00. The molecule has 166 valence electrons. The Labute approximate surface area is 198 Å². The van der Waals surface area contributed by atoms with Gasteiger partial charge in [0.2, 0.25) is 5.82 Å². The van der Waals surface area contributed by atoms with Crippen molar-refractivity contribution in [3.05, 3.63) is 98.6 Å². The van der Waals surface area contributed by atoms with Crippen LogP contribution in [0.5, 0.6) is 11.5 Å². The molecule has 33 heavy (non-hydrogen) atoms. The van der Waals surface area contributed by atoms with Crippen LogP contribution in [0.25, 0.3) is 10.8 Å². The molecule has 0 aliphatic heterocycles. The molecule has 1 heterocycles. The summed E-state index contributed by atoms with van der Waals surface area (Å²) < 4.78 is 12.2. The molecule has 0 unspecified atom stereocenters. The summed E-state index contributed by atoms with van der Waals surface area (Å²) in [5.74, 6) is 1.15. The van der Waals surface area contributed by atoms with Gasteiger partial charge in [-0.15, -0.1) is 0 Å². The number of anilines is 1. The first-order valence-electron chi connectivity index (χ1n) is 9.91. The molecule has 3 aromatic carbocycles. The molecule has 0 aliphatic rings. The van der Waals surface area contributed by atoms with Gasteiger partial charge in [-0.1, -0.05) is 36.4 Å². The first-order chi connectivity index (χ1) is 16.0. The lowest BCUT2D eigenvalue weighted by Crippen LogP contribution is -2.01. The van der Waals surface area contributed by atoms with Crippen LogP contribution in [0.1, 0.15) is 11.1 Å². The number of pyridine rings is 1. The number of nitrogens with one attached hydrogen (secondary N) is 1. The average molecular weight is 507 g/mol. The minimum Gasteiger partial charge on any atom is -0.493 e. The van der Waals surface area contributed by atoms with E-state index in [-0.39, 0.29) is 11.5 Å². The van der Waals surface area contributed by atoms with E-state index in [4.69, 9.17) is 9.47 Å². The monoisotopic (exact) mass is 506 g/mol. The van der Waals surface area contributed by atoms with E-state index in [2.05, 4.69) is 55.7 Å². The number of hydrazone groups is 1. The zero-order valence-electron chi connectivity index (χ0n) is 17.6. The predicted octanol–water partition coefficient (Wildman–Crippen LogP) is 5.94. The second-order valence-corrected chi connectivity index (χ2v) is 7.86. The third-order valence-corrected chi connectivity index (χ3v) is 5.41. The van der Waals surface area contributed by atoms with Gasteiger partial charge in [0.05, 0.1) is 22.7 Å². The summed E-state index contributed by atoms with van der Waals surface area (Å²) in [5, 5.41) is 17.5. The van der Waals surface area contributed by atoms with Crippen LogP contribution in [0.2, 0.25) is 0 Å². The van der Waals surface area contributed by atoms with Crippen LogP contribution in [0.15, 0.2) is 82.5 Å². The smallest absolute Gasteiger partial charge is 0.313 e. The highest BCUT2D eigenvalue weighted by molar-refractivity contribution is 9.10. The molecule has 0 amide bonds. The van der Waals surface area contributed by atoms with Crippen molar-refractivity contribution >= 4 is 44.4 Å². The molecule has 0 spiro atoms. The molecule has 0 atom stereocenters. The topological polar surface area (TPSA) is 98.9 Å². The van der Waals surface area contributed by atoms with Crippen LogP contribution in [-0.2, 0) is 6.61 Å². The summed E-state index contributed by atoms with van der Waals surface area (Å²) in [6.45, 7) is 0.373. The van der Waals surface area contributed by atoms with Crippen molar-refractivity contribution in [1.82, 2.24) is 4.98 Å². The summed E-state index contributed by atoms with van der Waals surface area (Å²) in [6, 6.07) is 20.8. The maximum atomic E-state index is 11.1. The number of benzene rings is 3. The Morgan fingerprint density at radius 3 is 2.73 bits per heavy atom. The van der Waals surface area contributed by atoms with Crippen LogP contribution in [0.4, 0.5) is 11.5 Å². The fraction of sp³-hybridized carbons (Fsp3) is 0.0833. The summed E-state index contributed by atoms with van der Waals surface area (Å²) in [6.07, 6.45) is 2.96. The van der Waals surface area contributed by atoms with Crippen LogP contribution >= 0.6 is 15.9 Å². The van der Waals surface area contributed by atoms with Crippen molar-refractivity contribution in [2.75, 3.05) is 12.5 Å². The lowest BCUT2D eigenvalue weighted by molar-refractivity contribution is -0.384. The Morgan fingerprint density at radius 1 is 1.12 bits per heavy atom. The molecule has 0 radical (unpaired) electrons. The number of ether oxygens (including phenoxy) is 2. The Morgan fingerprint density at radius 2 is 1.94 bits per heavy atom. The van der Waals surface area contributed by atoms with Gasteiger partial charge in [0, 0.05) is 12.3 Å². The van der Waals surface area contributed by atoms with E-state index in [9.17, 15) is 10.1 Å². The summed E-state index contributed by atoms with van der Waals surface area (Å²) in [7, 11) is 1.56. The first kappa shape index (κ1) is 22.2. The summed E-state index contributed by atoms with van der Waals surface area (Å²) >= 11 is 3.53. The molecule has 8 nitrogen and oxygen atoms in total. The number of fused-ring (bicyclic) bond motifs is 1. The number of aromatic nitrogens is 1. The van der Waals surface area contributed by atoms with Crippen molar-refractivity contribution in [3.8, 4) is 11.5 Å². The minimum absolute atomic E-state index is 0.0557. The molecule has 0 saturated heterocycles. The Hall–Kier alpha value is -3.98. The van der Waals surface area contributed by atoms with Gasteiger partial charge in [0.25, 0.3) is 0 Å². The van der Waals surface area contributed by atoms with E-state index in [1.54, 1.807) is 13.2 Å². The Bertz CT molecular complexity index is 1340. The van der Waals surface area contributed by atoms with Gasteiger partial charge in [-0.25, -0.2) is 4.98 Å². The van der Waals surface area contributed by atoms with Crippen LogP contribution in [-0.4, -0.2) is 23.2 Å². The third-order valence-electron chi connectivity index (χ3n) is 4.82. The Kier molecular flexibility index (Phi) is 6.80. The molecule has 1 N–H and O–H groups in total. The van der Waals surface area contributed by atoms with Gasteiger partial charge in [-0.2, -0.15) is 5.10 Å². The van der Waals surface area contributed by atoms with E-state index in [1.165, 1.54) is 29.9 Å². The van der Waals surface area contributed by atoms with Crippen molar-refractivity contribution in [3.63, 3.8) is 0 Å². The molecular formula is C24H19BrN4O4. The summed E-state index contributed by atoms with van der Waals surface area (Å²) in [5.41, 5.74) is 4.18. The van der Waals surface area contributed by atoms with Crippen LogP contribution in [0.3, 0.4) is 0 Å². The molecule has 0 saturated carbocycles. The third kappa shape index (κ3) is 5.27. The van der Waals surface area contributed by atoms with E-state index in [1.807, 2.05) is 24.3 Å². The Balaban J connectivity index is 1.49. The van der Waals surface area contributed by atoms with Gasteiger partial charge < -0.3 is 9.47 Å². The molecule has 4 rings (SSSR count). The normalized spacial score (nSPS) is 11.0. The first-order valence-corrected chi connectivity index (χ1v) is 10.7. The number of rotatable bonds is 8. The van der Waals surface area contributed by atoms with E-state index in [0.29, 0.717) is 28.1 Å². The number of hydrogen-bond acceptors (Lipinski definition) is 7. The molecule has 0 fully saturated rings. The molecule has 0 aliphatic carbocycles. The fourth-order valence-electron chi connectivity index (χ4n) is 3.24. The number of nitro groups is 1. The number of nitrogens with zero attached hydrogens (tertiary/aromatic N) is 3. The van der Waals surface area contributed by atoms with Gasteiger partial charge in [-0.3, -0.25) is 15.5 Å². The van der Waals surface area contributed by atoms with Crippen molar-refractivity contribution in [2.24, 2.45) is 5.10 Å². The maximum Gasteiger partial charge on any atom is 0.313 e. The SMILES string of the molecule is COc1cc(/C=N\Nc2ncccc2[N+](=O)[O-])cc(Br)c1OCc1ccc2ccccc2c1. The van der Waals surface area contributed by atoms with Gasteiger partial charge in [0.15, 0.2) is 11.5 Å².